The van der Waals surface area contributed by atoms with Crippen LogP contribution >= 0.6 is 0 Å². The van der Waals surface area contributed by atoms with E-state index in [0.717, 1.165) is 43.1 Å². The van der Waals surface area contributed by atoms with Crippen molar-refractivity contribution in [2.75, 3.05) is 31.1 Å². The van der Waals surface area contributed by atoms with E-state index in [0.29, 0.717) is 28.6 Å². The van der Waals surface area contributed by atoms with Gasteiger partial charge >= 0.3 is 0 Å². The number of hydrogen-bond acceptors (Lipinski definition) is 6. The van der Waals surface area contributed by atoms with Crippen molar-refractivity contribution in [1.82, 2.24) is 19.8 Å². The number of imide groups is 1. The fourth-order valence-corrected chi connectivity index (χ4v) is 9.74. The Morgan fingerprint density at radius 2 is 1.70 bits per heavy atom. The number of anilines is 1. The average Bonchev–Trinajstić information content (AvgIpc) is 2.87. The van der Waals surface area contributed by atoms with Crippen LogP contribution in [0.15, 0.2) is 23.0 Å². The van der Waals surface area contributed by atoms with Crippen LogP contribution < -0.4 is 15.8 Å². The fraction of sp³-hybridized carbons (Fsp3) is 0.688. The first kappa shape index (κ1) is 26.2. The van der Waals surface area contributed by atoms with Crippen molar-refractivity contribution in [2.45, 2.75) is 90.1 Å². The van der Waals surface area contributed by atoms with Gasteiger partial charge in [0.2, 0.25) is 11.8 Å². The third-order valence-electron chi connectivity index (χ3n) is 11.0. The Labute approximate surface area is 236 Å². The van der Waals surface area contributed by atoms with Crippen molar-refractivity contribution < 1.29 is 9.59 Å². The molecule has 2 aromatic rings. The minimum Gasteiger partial charge on any atom is -0.363 e. The Hall–Kier alpha value is -2.74. The van der Waals surface area contributed by atoms with Gasteiger partial charge < -0.3 is 4.90 Å². The molecule has 40 heavy (non-hydrogen) atoms. The van der Waals surface area contributed by atoms with Gasteiger partial charge in [0.1, 0.15) is 11.9 Å². The van der Waals surface area contributed by atoms with Gasteiger partial charge in [-0.05, 0) is 114 Å². The summed E-state index contributed by atoms with van der Waals surface area (Å²) in [5.41, 5.74) is 1.78. The molecular weight excluding hydrogens is 502 g/mol. The zero-order valence-corrected chi connectivity index (χ0v) is 24.2. The molecule has 0 spiro atoms. The Morgan fingerprint density at radius 1 is 1.00 bits per heavy atom. The molecule has 1 aromatic heterocycles. The summed E-state index contributed by atoms with van der Waals surface area (Å²) in [4.78, 5) is 48.3. The second-order valence-corrected chi connectivity index (χ2v) is 14.4. The molecule has 4 bridgehead atoms. The van der Waals surface area contributed by atoms with Crippen LogP contribution in [0.25, 0.3) is 10.9 Å². The largest absolute Gasteiger partial charge is 0.363 e. The third-order valence-corrected chi connectivity index (χ3v) is 11.0. The van der Waals surface area contributed by atoms with Crippen LogP contribution in [0.5, 0.6) is 0 Å². The Bertz CT molecular complexity index is 1390. The van der Waals surface area contributed by atoms with Crippen molar-refractivity contribution in [3.8, 4) is 0 Å². The Morgan fingerprint density at radius 3 is 2.35 bits per heavy atom. The van der Waals surface area contributed by atoms with Crippen molar-refractivity contribution in [3.63, 3.8) is 0 Å². The van der Waals surface area contributed by atoms with Gasteiger partial charge in [0, 0.05) is 31.6 Å². The molecule has 8 heteroatoms. The van der Waals surface area contributed by atoms with Crippen molar-refractivity contribution in [2.24, 2.45) is 23.2 Å². The maximum Gasteiger partial charge on any atom is 0.264 e. The number of aryl methyl sites for hydroxylation is 1. The summed E-state index contributed by atoms with van der Waals surface area (Å²) in [6, 6.07) is 5.18. The molecule has 0 radical (unpaired) electrons. The zero-order valence-electron chi connectivity index (χ0n) is 24.2. The number of fused-ring (bicyclic) bond motifs is 1. The molecule has 2 saturated heterocycles. The molecule has 1 aromatic carbocycles. The molecule has 6 aliphatic rings. The third kappa shape index (κ3) is 4.38. The van der Waals surface area contributed by atoms with Crippen LogP contribution in [0, 0.1) is 30.1 Å². The van der Waals surface area contributed by atoms with Crippen molar-refractivity contribution >= 4 is 28.4 Å². The van der Waals surface area contributed by atoms with Gasteiger partial charge in [-0.2, -0.15) is 0 Å². The summed E-state index contributed by atoms with van der Waals surface area (Å²) >= 11 is 0. The summed E-state index contributed by atoms with van der Waals surface area (Å²) < 4.78 is 1.50. The maximum absolute atomic E-state index is 14.0. The molecule has 1 unspecified atom stereocenters. The number of benzene rings is 1. The molecule has 4 saturated carbocycles. The number of carbonyl (C=O) groups is 2. The van der Waals surface area contributed by atoms with E-state index in [-0.39, 0.29) is 23.4 Å². The smallest absolute Gasteiger partial charge is 0.264 e. The van der Waals surface area contributed by atoms with Crippen molar-refractivity contribution in [1.29, 1.82) is 0 Å². The maximum atomic E-state index is 14.0. The van der Waals surface area contributed by atoms with Gasteiger partial charge in [-0.3, -0.25) is 29.2 Å². The quantitative estimate of drug-likeness (QED) is 0.567. The lowest BCUT2D eigenvalue weighted by atomic mass is 9.49. The lowest BCUT2D eigenvalue weighted by Crippen LogP contribution is -2.60. The van der Waals surface area contributed by atoms with Gasteiger partial charge in [-0.15, -0.1) is 0 Å². The number of hydrogen-bond donors (Lipinski definition) is 1. The number of piperazine rings is 1. The predicted molar refractivity (Wildman–Crippen MR) is 155 cm³/mol. The zero-order chi connectivity index (χ0) is 27.8. The van der Waals surface area contributed by atoms with Gasteiger partial charge in [0.25, 0.3) is 5.56 Å². The number of rotatable bonds is 5. The Balaban J connectivity index is 1.13. The number of nitrogens with zero attached hydrogens (tertiary/aromatic N) is 4. The van der Waals surface area contributed by atoms with Crippen molar-refractivity contribution in [3.05, 3.63) is 34.4 Å². The van der Waals surface area contributed by atoms with Crippen LogP contribution in [0.1, 0.15) is 83.5 Å². The molecule has 2 amide bonds. The van der Waals surface area contributed by atoms with Gasteiger partial charge in [-0.25, -0.2) is 4.98 Å². The summed E-state index contributed by atoms with van der Waals surface area (Å²) in [5.74, 6) is 2.77. The highest BCUT2D eigenvalue weighted by atomic mass is 16.2. The van der Waals surface area contributed by atoms with E-state index in [1.165, 1.54) is 56.1 Å². The summed E-state index contributed by atoms with van der Waals surface area (Å²) in [6.07, 6.45) is 10.7. The number of piperidine rings is 1. The lowest BCUT2D eigenvalue weighted by molar-refractivity contribution is -0.135. The minimum atomic E-state index is -0.718. The summed E-state index contributed by atoms with van der Waals surface area (Å²) in [7, 11) is 0. The first-order valence-electron chi connectivity index (χ1n) is 15.5. The fourth-order valence-electron chi connectivity index (χ4n) is 9.74. The summed E-state index contributed by atoms with van der Waals surface area (Å²) in [6.45, 7) is 10.3. The second-order valence-electron chi connectivity index (χ2n) is 14.4. The summed E-state index contributed by atoms with van der Waals surface area (Å²) in [5, 5.41) is 2.96. The molecule has 4 aliphatic carbocycles. The molecule has 8 rings (SSSR count). The molecule has 2 aliphatic heterocycles. The highest BCUT2D eigenvalue weighted by Crippen LogP contribution is 2.61. The number of amides is 2. The van der Waals surface area contributed by atoms with E-state index < -0.39 is 11.9 Å². The lowest BCUT2D eigenvalue weighted by Gasteiger charge is -2.57. The number of carbonyl (C=O) groups excluding carboxylic acids is 2. The first-order valence-corrected chi connectivity index (χ1v) is 15.5. The highest BCUT2D eigenvalue weighted by Gasteiger charge is 2.50. The van der Waals surface area contributed by atoms with E-state index in [2.05, 4.69) is 29.0 Å². The standard InChI is InChI=1S/C32H43N5O3/c1-20-33-24-5-4-6-25(28(24)30(40)37(20)26-7-8-27(38)34-29(26)39)36-12-11-35(19-31(36,2)3)10-9-32-16-21-13-22(17-32)15-23(14-21)18-32/h4-6,21-23,26H,7-19H2,1-3H3,(H,34,38,39). The Kier molecular flexibility index (Phi) is 6.15. The number of aromatic nitrogens is 2. The number of nitrogens with one attached hydrogen (secondary N) is 1. The SMILES string of the molecule is Cc1nc2cccc(N3CCN(CCC45CC6CC(CC(C6)C4)C5)CC3(C)C)c2c(=O)n1C1CCC(=O)NC1=O. The molecule has 1 N–H and O–H groups in total. The van der Waals surface area contributed by atoms with Gasteiger partial charge in [-0.1, -0.05) is 6.07 Å². The van der Waals surface area contributed by atoms with E-state index in [1.54, 1.807) is 6.92 Å². The van der Waals surface area contributed by atoms with Crippen LogP contribution in [0.3, 0.4) is 0 Å². The highest BCUT2D eigenvalue weighted by molar-refractivity contribution is 6.00. The first-order chi connectivity index (χ1) is 19.1. The van der Waals surface area contributed by atoms with Crippen LogP contribution in [0.4, 0.5) is 5.69 Å². The molecule has 6 fully saturated rings. The van der Waals surface area contributed by atoms with Gasteiger partial charge in [0.05, 0.1) is 16.6 Å². The minimum absolute atomic E-state index is 0.162. The molecule has 214 valence electrons. The topological polar surface area (TPSA) is 87.5 Å². The average molecular weight is 546 g/mol. The molecule has 8 nitrogen and oxygen atoms in total. The van der Waals surface area contributed by atoms with E-state index in [9.17, 15) is 14.4 Å². The molecule has 1 atom stereocenters. The van der Waals surface area contributed by atoms with Crippen LogP contribution in [0.2, 0.25) is 0 Å². The van der Waals surface area contributed by atoms with Crippen LogP contribution in [-0.4, -0.2) is 58.0 Å². The molecule has 3 heterocycles. The molecular formula is C32H43N5O3. The van der Waals surface area contributed by atoms with Gasteiger partial charge in [0.15, 0.2) is 0 Å². The predicted octanol–water partition coefficient (Wildman–Crippen LogP) is 4.19. The van der Waals surface area contributed by atoms with Crippen LogP contribution in [-0.2, 0) is 9.59 Å². The normalized spacial score (nSPS) is 33.5. The van der Waals surface area contributed by atoms with E-state index in [4.69, 9.17) is 4.98 Å². The second kappa shape index (κ2) is 9.40. The van der Waals surface area contributed by atoms with E-state index in [1.807, 2.05) is 18.2 Å². The van der Waals surface area contributed by atoms with E-state index >= 15 is 0 Å². The monoisotopic (exact) mass is 545 g/mol.